The van der Waals surface area contributed by atoms with Crippen molar-refractivity contribution in [2.24, 2.45) is 11.8 Å². The van der Waals surface area contributed by atoms with E-state index < -0.39 is 24.3 Å². The summed E-state index contributed by atoms with van der Waals surface area (Å²) in [5.74, 6) is 6.80. The predicted octanol–water partition coefficient (Wildman–Crippen LogP) is 8.71. The smallest absolute Gasteiger partial charge is 0.422 e. The van der Waals surface area contributed by atoms with Crippen LogP contribution in [0.3, 0.4) is 0 Å². The van der Waals surface area contributed by atoms with Crippen molar-refractivity contribution in [3.63, 3.8) is 0 Å². The van der Waals surface area contributed by atoms with Crippen LogP contribution < -0.4 is 4.74 Å². The second-order valence-corrected chi connectivity index (χ2v) is 9.15. The van der Waals surface area contributed by atoms with Gasteiger partial charge in [0.05, 0.1) is 0 Å². The second-order valence-electron chi connectivity index (χ2n) is 9.15. The number of benzene rings is 3. The number of alkyl halides is 3. The van der Waals surface area contributed by atoms with Crippen molar-refractivity contribution in [1.82, 2.24) is 0 Å². The number of allylic oxidation sites excluding steroid dienone is 1. The number of rotatable bonds is 6. The van der Waals surface area contributed by atoms with Gasteiger partial charge in [0.1, 0.15) is 0 Å². The van der Waals surface area contributed by atoms with Gasteiger partial charge in [-0.2, -0.15) is 13.2 Å². The highest BCUT2D eigenvalue weighted by Gasteiger charge is 2.29. The van der Waals surface area contributed by atoms with E-state index in [1.165, 1.54) is 25.3 Å². The molecule has 35 heavy (non-hydrogen) atoms. The van der Waals surface area contributed by atoms with Gasteiger partial charge in [0.25, 0.3) is 0 Å². The second kappa shape index (κ2) is 11.0. The lowest BCUT2D eigenvalue weighted by atomic mass is 9.80. The monoisotopic (exact) mass is 480 g/mol. The van der Waals surface area contributed by atoms with Gasteiger partial charge >= 0.3 is 6.18 Å². The van der Waals surface area contributed by atoms with Crippen LogP contribution in [0.15, 0.2) is 67.3 Å². The molecule has 4 rings (SSSR count). The molecule has 1 aliphatic rings. The number of hydrogen-bond acceptors (Lipinski definition) is 1. The Labute approximate surface area is 203 Å². The van der Waals surface area contributed by atoms with Gasteiger partial charge in [-0.05, 0) is 85.2 Å². The summed E-state index contributed by atoms with van der Waals surface area (Å²) in [5, 5.41) is 0.807. The molecular weight excluding hydrogens is 452 g/mol. The van der Waals surface area contributed by atoms with Crippen molar-refractivity contribution in [1.29, 1.82) is 0 Å². The molecule has 0 heterocycles. The average Bonchev–Trinajstić information content (AvgIpc) is 2.86. The molecular formula is C30H28F4O. The number of hydrogen-bond donors (Lipinski definition) is 0. The lowest BCUT2D eigenvalue weighted by Gasteiger charge is -2.25. The lowest BCUT2D eigenvalue weighted by Crippen LogP contribution is -2.19. The van der Waals surface area contributed by atoms with Gasteiger partial charge in [-0.1, -0.05) is 48.2 Å². The lowest BCUT2D eigenvalue weighted by molar-refractivity contribution is -0.153. The summed E-state index contributed by atoms with van der Waals surface area (Å²) in [5.41, 5.74) is 2.80. The minimum absolute atomic E-state index is 0.218. The largest absolute Gasteiger partial charge is 0.481 e. The Balaban J connectivity index is 1.42. The van der Waals surface area contributed by atoms with Gasteiger partial charge in [0, 0.05) is 16.9 Å². The van der Waals surface area contributed by atoms with E-state index in [9.17, 15) is 17.6 Å². The third kappa shape index (κ3) is 6.66. The first-order valence-electron chi connectivity index (χ1n) is 12.0. The fraction of sp³-hybridized carbons (Fsp3) is 0.333. The Hall–Kier alpha value is -3.26. The first-order valence-corrected chi connectivity index (χ1v) is 12.0. The highest BCUT2D eigenvalue weighted by molar-refractivity contribution is 5.89. The molecule has 1 fully saturated rings. The minimum Gasteiger partial charge on any atom is -0.481 e. The van der Waals surface area contributed by atoms with Gasteiger partial charge in [0.2, 0.25) is 0 Å². The van der Waals surface area contributed by atoms with Crippen LogP contribution in [0.2, 0.25) is 0 Å². The molecule has 0 aliphatic heterocycles. The Morgan fingerprint density at radius 1 is 0.943 bits per heavy atom. The van der Waals surface area contributed by atoms with Gasteiger partial charge in [0.15, 0.2) is 18.2 Å². The van der Waals surface area contributed by atoms with E-state index in [-0.39, 0.29) is 5.39 Å². The molecule has 0 aromatic heterocycles. The minimum atomic E-state index is -4.52. The summed E-state index contributed by atoms with van der Waals surface area (Å²) in [6.45, 7) is 2.28. The first kappa shape index (κ1) is 24.9. The van der Waals surface area contributed by atoms with E-state index in [2.05, 4.69) is 23.2 Å². The summed E-state index contributed by atoms with van der Waals surface area (Å²) >= 11 is 0. The molecule has 0 amide bonds. The maximum atomic E-state index is 14.6. The Bertz CT molecular complexity index is 1220. The van der Waals surface area contributed by atoms with Crippen LogP contribution in [0.25, 0.3) is 21.9 Å². The van der Waals surface area contributed by atoms with E-state index >= 15 is 0 Å². The molecule has 3 aromatic carbocycles. The topological polar surface area (TPSA) is 9.23 Å². The molecule has 5 heteroatoms. The molecule has 0 radical (unpaired) electrons. The highest BCUT2D eigenvalue weighted by atomic mass is 19.4. The normalized spacial score (nSPS) is 18.1. The number of fused-ring (bicyclic) bond motifs is 1. The molecule has 182 valence electrons. The summed E-state index contributed by atoms with van der Waals surface area (Å²) in [6.07, 6.45) is 4.60. The van der Waals surface area contributed by atoms with E-state index in [1.54, 1.807) is 18.2 Å². The van der Waals surface area contributed by atoms with Crippen molar-refractivity contribution in [3.05, 3.63) is 78.6 Å². The molecule has 0 saturated heterocycles. The Morgan fingerprint density at radius 3 is 2.34 bits per heavy atom. The third-order valence-corrected chi connectivity index (χ3v) is 6.57. The van der Waals surface area contributed by atoms with Crippen molar-refractivity contribution in [2.75, 3.05) is 6.61 Å². The Kier molecular flexibility index (Phi) is 7.80. The average molecular weight is 481 g/mol. The van der Waals surface area contributed by atoms with Crippen LogP contribution in [0.4, 0.5) is 17.6 Å². The zero-order valence-electron chi connectivity index (χ0n) is 19.5. The zero-order valence-corrected chi connectivity index (χ0v) is 19.5. The SMILES string of the molecule is C=CCCC1CCC(C#Cc2ccc(-c3ccc4c(F)c(OCC(F)(F)F)ccc4c3)cc2)CC1. The van der Waals surface area contributed by atoms with E-state index in [4.69, 9.17) is 0 Å². The molecule has 3 aromatic rings. The van der Waals surface area contributed by atoms with Crippen LogP contribution >= 0.6 is 0 Å². The van der Waals surface area contributed by atoms with Crippen LogP contribution in [-0.4, -0.2) is 12.8 Å². The van der Waals surface area contributed by atoms with Crippen LogP contribution in [-0.2, 0) is 0 Å². The molecule has 1 saturated carbocycles. The fourth-order valence-corrected chi connectivity index (χ4v) is 4.60. The fourth-order valence-electron chi connectivity index (χ4n) is 4.60. The maximum absolute atomic E-state index is 14.6. The highest BCUT2D eigenvalue weighted by Crippen LogP contribution is 2.32. The molecule has 0 spiro atoms. The molecule has 0 unspecified atom stereocenters. The Morgan fingerprint density at radius 2 is 1.66 bits per heavy atom. The van der Waals surface area contributed by atoms with Crippen LogP contribution in [0.1, 0.15) is 44.1 Å². The zero-order chi connectivity index (χ0) is 24.8. The molecule has 0 N–H and O–H groups in total. The predicted molar refractivity (Wildman–Crippen MR) is 133 cm³/mol. The quantitative estimate of drug-likeness (QED) is 0.195. The van der Waals surface area contributed by atoms with E-state index in [0.717, 1.165) is 41.9 Å². The summed E-state index contributed by atoms with van der Waals surface area (Å²) in [6, 6.07) is 15.9. The molecule has 1 nitrogen and oxygen atoms in total. The van der Waals surface area contributed by atoms with E-state index in [0.29, 0.717) is 11.3 Å². The third-order valence-electron chi connectivity index (χ3n) is 6.57. The van der Waals surface area contributed by atoms with Crippen LogP contribution in [0.5, 0.6) is 5.75 Å². The summed E-state index contributed by atoms with van der Waals surface area (Å²) in [4.78, 5) is 0. The van der Waals surface area contributed by atoms with Gasteiger partial charge in [-0.3, -0.25) is 0 Å². The molecule has 0 atom stereocenters. The summed E-state index contributed by atoms with van der Waals surface area (Å²) < 4.78 is 56.4. The van der Waals surface area contributed by atoms with Crippen LogP contribution in [0, 0.1) is 29.5 Å². The first-order chi connectivity index (χ1) is 16.8. The van der Waals surface area contributed by atoms with Crippen molar-refractivity contribution >= 4 is 10.8 Å². The molecule has 0 bridgehead atoms. The van der Waals surface area contributed by atoms with E-state index in [1.807, 2.05) is 36.4 Å². The van der Waals surface area contributed by atoms with Crippen molar-refractivity contribution in [3.8, 4) is 28.7 Å². The van der Waals surface area contributed by atoms with Crippen molar-refractivity contribution in [2.45, 2.75) is 44.7 Å². The standard InChI is InChI=1S/C30H28F4O/c1-2-3-4-21-5-7-22(8-6-21)9-10-23-11-13-24(14-12-23)25-15-17-27-26(19-25)16-18-28(29(27)31)35-20-30(32,33)34/h2,11-19,21-22H,1,3-8,20H2. The number of ether oxygens (including phenoxy) is 1. The maximum Gasteiger partial charge on any atom is 0.422 e. The van der Waals surface area contributed by atoms with Crippen molar-refractivity contribution < 1.29 is 22.3 Å². The van der Waals surface area contributed by atoms with Gasteiger partial charge in [-0.15, -0.1) is 6.58 Å². The van der Waals surface area contributed by atoms with Gasteiger partial charge < -0.3 is 4.74 Å². The molecule has 1 aliphatic carbocycles. The van der Waals surface area contributed by atoms with Gasteiger partial charge in [-0.25, -0.2) is 4.39 Å². The summed E-state index contributed by atoms with van der Waals surface area (Å²) in [7, 11) is 0. The number of halogens is 4.